The van der Waals surface area contributed by atoms with E-state index in [0.717, 1.165) is 11.3 Å². The van der Waals surface area contributed by atoms with Gasteiger partial charge in [0.25, 0.3) is 0 Å². The molecule has 0 N–H and O–H groups in total. The van der Waals surface area contributed by atoms with Gasteiger partial charge in [0.1, 0.15) is 0 Å². The molecule has 0 radical (unpaired) electrons. The predicted octanol–water partition coefficient (Wildman–Crippen LogP) is 2.03. The maximum atomic E-state index is 10.8. The second-order valence-electron chi connectivity index (χ2n) is 2.25. The first kappa shape index (κ1) is 5.98. The molecule has 0 unspecified atom stereocenters. The van der Waals surface area contributed by atoms with E-state index in [4.69, 9.17) is 0 Å². The number of hydrogen-bond donors (Lipinski definition) is 0. The first-order valence-corrected chi connectivity index (χ1v) is 3.97. The molecule has 0 aromatic heterocycles. The van der Waals surface area contributed by atoms with Gasteiger partial charge in [-0.2, -0.15) is 0 Å². The van der Waals surface area contributed by atoms with E-state index >= 15 is 0 Å². The molecule has 50 valence electrons. The van der Waals surface area contributed by atoms with Crippen LogP contribution in [0.15, 0.2) is 34.8 Å². The van der Waals surface area contributed by atoms with Crippen molar-refractivity contribution in [1.29, 1.82) is 0 Å². The molecule has 1 nitrogen and oxygen atoms in total. The zero-order valence-electron chi connectivity index (χ0n) is 5.33. The van der Waals surface area contributed by atoms with Crippen molar-refractivity contribution < 1.29 is 4.79 Å². The van der Waals surface area contributed by atoms with Crippen molar-refractivity contribution in [3.63, 3.8) is 0 Å². The van der Waals surface area contributed by atoms with Gasteiger partial charge in [-0.15, -0.1) is 0 Å². The summed E-state index contributed by atoms with van der Waals surface area (Å²) in [7, 11) is 0. The Labute approximate surface area is 63.5 Å². The molecular weight excluding hydrogens is 144 g/mol. The van der Waals surface area contributed by atoms with Gasteiger partial charge in [-0.1, -0.05) is 12.2 Å². The van der Waals surface area contributed by atoms with E-state index in [1.54, 1.807) is 6.08 Å². The number of hydrogen-bond acceptors (Lipinski definition) is 2. The van der Waals surface area contributed by atoms with Gasteiger partial charge in [-0.05, 0) is 35.9 Å². The van der Waals surface area contributed by atoms with E-state index in [9.17, 15) is 4.79 Å². The quantitative estimate of drug-likeness (QED) is 0.525. The van der Waals surface area contributed by atoms with Crippen LogP contribution in [0, 0.1) is 0 Å². The molecule has 0 saturated carbocycles. The van der Waals surface area contributed by atoms with Crippen molar-refractivity contribution in [2.45, 2.75) is 6.42 Å². The van der Waals surface area contributed by atoms with Crippen LogP contribution in [0.4, 0.5) is 0 Å². The smallest absolute Gasteiger partial charge is 0.217 e. The van der Waals surface area contributed by atoms with E-state index < -0.39 is 0 Å². The second kappa shape index (κ2) is 2.13. The lowest BCUT2D eigenvalue weighted by molar-refractivity contribution is -0.106. The lowest BCUT2D eigenvalue weighted by Crippen LogP contribution is -1.81. The molecule has 0 aromatic carbocycles. The molecule has 10 heavy (non-hydrogen) atoms. The number of fused-ring (bicyclic) bond motifs is 1. The number of carbonyl (C=O) groups excluding carboxylic acids is 1. The first-order valence-electron chi connectivity index (χ1n) is 3.16. The van der Waals surface area contributed by atoms with E-state index in [1.165, 1.54) is 17.3 Å². The minimum absolute atomic E-state index is 0.171. The summed E-state index contributed by atoms with van der Waals surface area (Å²) in [6.07, 6.45) is 8.70. The Morgan fingerprint density at radius 2 is 2.40 bits per heavy atom. The highest BCUT2D eigenvalue weighted by Crippen LogP contribution is 2.36. The summed E-state index contributed by atoms with van der Waals surface area (Å²) in [5, 5.41) is 0.171. The Morgan fingerprint density at radius 3 is 3.20 bits per heavy atom. The van der Waals surface area contributed by atoms with Crippen molar-refractivity contribution in [2.75, 3.05) is 0 Å². The third kappa shape index (κ3) is 0.847. The predicted molar refractivity (Wildman–Crippen MR) is 42.5 cm³/mol. The lowest BCUT2D eigenvalue weighted by Gasteiger charge is -2.02. The molecule has 0 bridgehead atoms. The topological polar surface area (TPSA) is 17.1 Å². The minimum Gasteiger partial charge on any atom is -0.282 e. The van der Waals surface area contributed by atoms with Crippen LogP contribution in [-0.4, -0.2) is 5.12 Å². The van der Waals surface area contributed by atoms with Gasteiger partial charge in [-0.25, -0.2) is 0 Å². The van der Waals surface area contributed by atoms with E-state index in [0.29, 0.717) is 0 Å². The maximum absolute atomic E-state index is 10.8. The van der Waals surface area contributed by atoms with Crippen LogP contribution in [0.3, 0.4) is 0 Å². The van der Waals surface area contributed by atoms with Gasteiger partial charge in [0.05, 0.1) is 0 Å². The van der Waals surface area contributed by atoms with Crippen LogP contribution in [0.25, 0.3) is 0 Å². The van der Waals surface area contributed by atoms with Crippen molar-refractivity contribution in [3.8, 4) is 0 Å². The third-order valence-electron chi connectivity index (χ3n) is 1.54. The fourth-order valence-corrected chi connectivity index (χ4v) is 1.91. The molecule has 1 heterocycles. The second-order valence-corrected chi connectivity index (χ2v) is 3.30. The van der Waals surface area contributed by atoms with Crippen molar-refractivity contribution in [1.82, 2.24) is 0 Å². The van der Waals surface area contributed by atoms with E-state index in [1.807, 2.05) is 12.2 Å². The highest BCUT2D eigenvalue weighted by molar-refractivity contribution is 8.18. The number of carbonyl (C=O) groups is 1. The van der Waals surface area contributed by atoms with Gasteiger partial charge < -0.3 is 0 Å². The van der Waals surface area contributed by atoms with Gasteiger partial charge in [0.15, 0.2) is 0 Å². The standard InChI is InChI=1S/C8H6OS/c9-8-5-6-3-1-2-4-7(6)10-8/h1-2,4-5H,3H2. The Hall–Kier alpha value is -0.760. The monoisotopic (exact) mass is 150 g/mol. The highest BCUT2D eigenvalue weighted by Gasteiger charge is 2.18. The molecule has 2 aliphatic rings. The first-order chi connectivity index (χ1) is 4.86. The fraction of sp³-hybridized carbons (Fsp3) is 0.125. The van der Waals surface area contributed by atoms with E-state index in [2.05, 4.69) is 6.08 Å². The van der Waals surface area contributed by atoms with Crippen molar-refractivity contribution in [3.05, 3.63) is 34.8 Å². The van der Waals surface area contributed by atoms with Crippen LogP contribution >= 0.6 is 11.8 Å². The molecule has 0 amide bonds. The average molecular weight is 150 g/mol. The minimum atomic E-state index is 0.171. The van der Waals surface area contributed by atoms with Gasteiger partial charge in [0, 0.05) is 4.91 Å². The van der Waals surface area contributed by atoms with Crippen LogP contribution in [0.2, 0.25) is 0 Å². The molecule has 0 fully saturated rings. The average Bonchev–Trinajstić information content (AvgIpc) is 2.27. The molecule has 1 aliphatic carbocycles. The number of thioether (sulfide) groups is 1. The molecular formula is C8H6OS. The molecule has 2 rings (SSSR count). The molecule has 0 saturated heterocycles. The van der Waals surface area contributed by atoms with Crippen molar-refractivity contribution in [2.24, 2.45) is 0 Å². The Balaban J connectivity index is 2.41. The summed E-state index contributed by atoms with van der Waals surface area (Å²) in [6, 6.07) is 0. The Bertz CT molecular complexity index is 271. The fourth-order valence-electron chi connectivity index (χ4n) is 1.07. The lowest BCUT2D eigenvalue weighted by atomic mass is 10.1. The zero-order chi connectivity index (χ0) is 6.97. The largest absolute Gasteiger partial charge is 0.282 e. The van der Waals surface area contributed by atoms with Crippen LogP contribution in [-0.2, 0) is 4.79 Å². The van der Waals surface area contributed by atoms with Crippen LogP contribution < -0.4 is 0 Å². The number of allylic oxidation sites excluding steroid dienone is 4. The summed E-state index contributed by atoms with van der Waals surface area (Å²) in [6.45, 7) is 0. The molecule has 2 heteroatoms. The SMILES string of the molecule is O=C1C=C2CC=CC=C2S1. The Kier molecular flexibility index (Phi) is 1.27. The summed E-state index contributed by atoms with van der Waals surface area (Å²) in [5.74, 6) is 0. The van der Waals surface area contributed by atoms with Crippen LogP contribution in [0.1, 0.15) is 6.42 Å². The Morgan fingerprint density at radius 1 is 1.50 bits per heavy atom. The van der Waals surface area contributed by atoms with Crippen molar-refractivity contribution >= 4 is 16.9 Å². The zero-order valence-corrected chi connectivity index (χ0v) is 6.15. The van der Waals surface area contributed by atoms with Gasteiger partial charge >= 0.3 is 0 Å². The summed E-state index contributed by atoms with van der Waals surface area (Å²) >= 11 is 1.33. The summed E-state index contributed by atoms with van der Waals surface area (Å²) in [5.41, 5.74) is 1.18. The maximum Gasteiger partial charge on any atom is 0.217 e. The molecule has 0 spiro atoms. The van der Waals surface area contributed by atoms with Crippen LogP contribution in [0.5, 0.6) is 0 Å². The van der Waals surface area contributed by atoms with E-state index in [-0.39, 0.29) is 5.12 Å². The third-order valence-corrected chi connectivity index (χ3v) is 2.48. The van der Waals surface area contributed by atoms with Gasteiger partial charge in [0.2, 0.25) is 5.12 Å². The summed E-state index contributed by atoms with van der Waals surface area (Å²) < 4.78 is 0. The summed E-state index contributed by atoms with van der Waals surface area (Å²) in [4.78, 5) is 12.0. The molecule has 1 aliphatic heterocycles. The normalized spacial score (nSPS) is 22.2. The number of rotatable bonds is 0. The molecule has 0 aromatic rings. The highest BCUT2D eigenvalue weighted by atomic mass is 32.2. The van der Waals surface area contributed by atoms with Gasteiger partial charge in [-0.3, -0.25) is 4.79 Å². The molecule has 0 atom stereocenters.